The molecule has 1 atom stereocenters. The fourth-order valence-electron chi connectivity index (χ4n) is 3.54. The summed E-state index contributed by atoms with van der Waals surface area (Å²) < 4.78 is 12.9. The minimum atomic E-state index is -0.482. The van der Waals surface area contributed by atoms with Crippen molar-refractivity contribution in [2.75, 3.05) is 38.2 Å². The average molecular weight is 412 g/mol. The molecule has 1 aromatic heterocycles. The third-order valence-electron chi connectivity index (χ3n) is 5.25. The van der Waals surface area contributed by atoms with Gasteiger partial charge in [-0.05, 0) is 37.0 Å². The SMILES string of the molecule is Cc1cc(=O)n2c(n1)NC(N1CCOCC1)=N[C@H]2c1ccc(OCCC(C)C)cc1. The molecule has 2 aliphatic heterocycles. The van der Waals surface area contributed by atoms with E-state index in [-0.39, 0.29) is 5.56 Å². The maximum Gasteiger partial charge on any atom is 0.257 e. The van der Waals surface area contributed by atoms with Crippen LogP contribution in [0.15, 0.2) is 40.1 Å². The van der Waals surface area contributed by atoms with Crippen molar-refractivity contribution in [2.24, 2.45) is 10.9 Å². The first-order chi connectivity index (χ1) is 14.5. The van der Waals surface area contributed by atoms with Crippen LogP contribution in [0.4, 0.5) is 5.95 Å². The molecule has 160 valence electrons. The number of aliphatic imine (C=N–C) groups is 1. The van der Waals surface area contributed by atoms with Gasteiger partial charge in [0.2, 0.25) is 11.9 Å². The van der Waals surface area contributed by atoms with E-state index in [2.05, 4.69) is 29.0 Å². The molecule has 4 rings (SSSR count). The number of guanidine groups is 1. The lowest BCUT2D eigenvalue weighted by Gasteiger charge is -2.34. The van der Waals surface area contributed by atoms with Gasteiger partial charge in [-0.1, -0.05) is 26.0 Å². The second kappa shape index (κ2) is 8.87. The highest BCUT2D eigenvalue weighted by Crippen LogP contribution is 2.27. The molecule has 1 saturated heterocycles. The van der Waals surface area contributed by atoms with Gasteiger partial charge in [0.05, 0.1) is 19.8 Å². The number of hydrogen-bond donors (Lipinski definition) is 1. The zero-order valence-electron chi connectivity index (χ0n) is 17.8. The van der Waals surface area contributed by atoms with Crippen LogP contribution in [0.25, 0.3) is 0 Å². The van der Waals surface area contributed by atoms with Crippen molar-refractivity contribution in [2.45, 2.75) is 33.4 Å². The molecule has 1 N–H and O–H groups in total. The second-order valence-corrected chi connectivity index (χ2v) is 8.08. The third kappa shape index (κ3) is 4.48. The van der Waals surface area contributed by atoms with Gasteiger partial charge >= 0.3 is 0 Å². The van der Waals surface area contributed by atoms with E-state index in [4.69, 9.17) is 14.5 Å². The number of aromatic nitrogens is 2. The van der Waals surface area contributed by atoms with Gasteiger partial charge in [-0.2, -0.15) is 0 Å². The maximum absolute atomic E-state index is 12.8. The Morgan fingerprint density at radius 3 is 2.67 bits per heavy atom. The predicted octanol–water partition coefficient (Wildman–Crippen LogP) is 2.64. The van der Waals surface area contributed by atoms with Crippen molar-refractivity contribution in [3.8, 4) is 5.75 Å². The molecule has 1 fully saturated rings. The minimum absolute atomic E-state index is 0.128. The predicted molar refractivity (Wildman–Crippen MR) is 116 cm³/mol. The Labute approximate surface area is 176 Å². The molecule has 0 unspecified atom stereocenters. The number of ether oxygens (including phenoxy) is 2. The summed E-state index contributed by atoms with van der Waals surface area (Å²) in [5, 5.41) is 3.25. The molecule has 8 nitrogen and oxygen atoms in total. The summed E-state index contributed by atoms with van der Waals surface area (Å²) in [5.41, 5.74) is 1.46. The lowest BCUT2D eigenvalue weighted by Crippen LogP contribution is -2.47. The lowest BCUT2D eigenvalue weighted by atomic mass is 10.1. The van der Waals surface area contributed by atoms with Crippen LogP contribution >= 0.6 is 0 Å². The number of morpholine rings is 1. The van der Waals surface area contributed by atoms with E-state index in [9.17, 15) is 4.79 Å². The Bertz CT molecular complexity index is 962. The van der Waals surface area contributed by atoms with E-state index < -0.39 is 6.17 Å². The second-order valence-electron chi connectivity index (χ2n) is 8.08. The van der Waals surface area contributed by atoms with Crippen molar-refractivity contribution in [3.05, 3.63) is 51.9 Å². The monoisotopic (exact) mass is 411 g/mol. The van der Waals surface area contributed by atoms with Crippen LogP contribution in [-0.2, 0) is 4.74 Å². The smallest absolute Gasteiger partial charge is 0.257 e. The van der Waals surface area contributed by atoms with Crippen molar-refractivity contribution in [3.63, 3.8) is 0 Å². The van der Waals surface area contributed by atoms with Crippen LogP contribution in [0.5, 0.6) is 5.75 Å². The van der Waals surface area contributed by atoms with E-state index in [0.29, 0.717) is 37.4 Å². The normalized spacial score (nSPS) is 18.6. The van der Waals surface area contributed by atoms with Gasteiger partial charge in [-0.25, -0.2) is 9.98 Å². The zero-order chi connectivity index (χ0) is 21.1. The molecule has 0 spiro atoms. The molecule has 0 bridgehead atoms. The fourth-order valence-corrected chi connectivity index (χ4v) is 3.54. The van der Waals surface area contributed by atoms with Crippen LogP contribution in [0.2, 0.25) is 0 Å². The van der Waals surface area contributed by atoms with Gasteiger partial charge in [0, 0.05) is 24.8 Å². The molecular weight excluding hydrogens is 382 g/mol. The molecule has 1 aromatic carbocycles. The average Bonchev–Trinajstić information content (AvgIpc) is 2.73. The first-order valence-electron chi connectivity index (χ1n) is 10.5. The molecule has 0 amide bonds. The number of hydrogen-bond acceptors (Lipinski definition) is 7. The van der Waals surface area contributed by atoms with Gasteiger partial charge in [-0.3, -0.25) is 14.7 Å². The number of aryl methyl sites for hydroxylation is 1. The largest absolute Gasteiger partial charge is 0.494 e. The summed E-state index contributed by atoms with van der Waals surface area (Å²) in [7, 11) is 0. The number of anilines is 1. The summed E-state index contributed by atoms with van der Waals surface area (Å²) in [4.78, 5) is 24.4. The van der Waals surface area contributed by atoms with Crippen molar-refractivity contribution < 1.29 is 9.47 Å². The Balaban J connectivity index is 1.64. The number of nitrogens with zero attached hydrogens (tertiary/aromatic N) is 4. The number of nitrogens with one attached hydrogen (secondary N) is 1. The quantitative estimate of drug-likeness (QED) is 0.815. The van der Waals surface area contributed by atoms with Crippen LogP contribution in [0, 0.1) is 12.8 Å². The Hall–Kier alpha value is -2.87. The first-order valence-corrected chi connectivity index (χ1v) is 10.5. The van der Waals surface area contributed by atoms with Crippen molar-refractivity contribution in [1.29, 1.82) is 0 Å². The van der Waals surface area contributed by atoms with Gasteiger partial charge in [0.1, 0.15) is 5.75 Å². The van der Waals surface area contributed by atoms with Gasteiger partial charge in [0.25, 0.3) is 5.56 Å². The van der Waals surface area contributed by atoms with Crippen LogP contribution in [0.3, 0.4) is 0 Å². The van der Waals surface area contributed by atoms with E-state index in [0.717, 1.165) is 36.8 Å². The van der Waals surface area contributed by atoms with Crippen LogP contribution in [0.1, 0.15) is 37.7 Å². The molecule has 0 aliphatic carbocycles. The zero-order valence-corrected chi connectivity index (χ0v) is 17.8. The highest BCUT2D eigenvalue weighted by atomic mass is 16.5. The highest BCUT2D eigenvalue weighted by molar-refractivity contribution is 5.93. The topological polar surface area (TPSA) is 81.0 Å². The number of fused-ring (bicyclic) bond motifs is 1. The molecule has 0 radical (unpaired) electrons. The summed E-state index contributed by atoms with van der Waals surface area (Å²) >= 11 is 0. The summed E-state index contributed by atoms with van der Waals surface area (Å²) in [5.74, 6) is 2.66. The standard InChI is InChI=1S/C22H29N5O3/c1-15(2)8-11-30-18-6-4-17(5-7-18)20-24-21(26-9-12-29-13-10-26)25-22-23-16(3)14-19(28)27(20)22/h4-7,14-15,20H,8-13H2,1-3H3,(H,23,24,25)/t20-/m1/s1. The highest BCUT2D eigenvalue weighted by Gasteiger charge is 2.28. The molecule has 2 aromatic rings. The first kappa shape index (κ1) is 20.4. The van der Waals surface area contributed by atoms with E-state index >= 15 is 0 Å². The fraction of sp³-hybridized carbons (Fsp3) is 0.500. The Morgan fingerprint density at radius 1 is 1.23 bits per heavy atom. The van der Waals surface area contributed by atoms with Crippen molar-refractivity contribution in [1.82, 2.24) is 14.5 Å². The van der Waals surface area contributed by atoms with Crippen LogP contribution < -0.4 is 15.6 Å². The van der Waals surface area contributed by atoms with Gasteiger partial charge in [0.15, 0.2) is 6.17 Å². The third-order valence-corrected chi connectivity index (χ3v) is 5.25. The van der Waals surface area contributed by atoms with Gasteiger partial charge < -0.3 is 14.4 Å². The summed E-state index contributed by atoms with van der Waals surface area (Å²) in [6.45, 7) is 9.67. The van der Waals surface area contributed by atoms with Crippen molar-refractivity contribution >= 4 is 11.9 Å². The summed E-state index contributed by atoms with van der Waals surface area (Å²) in [6.07, 6.45) is 0.529. The van der Waals surface area contributed by atoms with Gasteiger partial charge in [-0.15, -0.1) is 0 Å². The molecule has 3 heterocycles. The molecule has 30 heavy (non-hydrogen) atoms. The van der Waals surface area contributed by atoms with Crippen LogP contribution in [-0.4, -0.2) is 53.3 Å². The lowest BCUT2D eigenvalue weighted by molar-refractivity contribution is 0.0675. The van der Waals surface area contributed by atoms with E-state index in [1.165, 1.54) is 6.07 Å². The molecule has 0 saturated carbocycles. The van der Waals surface area contributed by atoms with E-state index in [1.54, 1.807) is 4.57 Å². The Morgan fingerprint density at radius 2 is 1.97 bits per heavy atom. The molecule has 8 heteroatoms. The Kier molecular flexibility index (Phi) is 6.03. The number of benzene rings is 1. The van der Waals surface area contributed by atoms with E-state index in [1.807, 2.05) is 31.2 Å². The number of rotatable bonds is 5. The minimum Gasteiger partial charge on any atom is -0.494 e. The molecule has 2 aliphatic rings. The summed E-state index contributed by atoms with van der Waals surface area (Å²) in [6, 6.07) is 9.35. The molecular formula is C22H29N5O3. The maximum atomic E-state index is 12.8.